The average molecular weight is 279 g/mol. The molecule has 1 unspecified atom stereocenters. The van der Waals surface area contributed by atoms with Crippen LogP contribution in [0.1, 0.15) is 30.6 Å². The highest BCUT2D eigenvalue weighted by molar-refractivity contribution is 5.99. The van der Waals surface area contributed by atoms with Gasteiger partial charge in [0, 0.05) is 6.54 Å². The van der Waals surface area contributed by atoms with Crippen molar-refractivity contribution in [3.8, 4) is 0 Å². The number of nitrogen functional groups attached to an aromatic ring is 1. The zero-order valence-corrected chi connectivity index (χ0v) is 12.0. The zero-order valence-electron chi connectivity index (χ0n) is 12.0. The lowest BCUT2D eigenvalue weighted by Crippen LogP contribution is -2.38. The topological polar surface area (TPSA) is 93.5 Å². The van der Waals surface area contributed by atoms with Crippen LogP contribution in [0.3, 0.4) is 0 Å². The molecule has 0 aliphatic carbocycles. The van der Waals surface area contributed by atoms with Gasteiger partial charge >= 0.3 is 5.97 Å². The molecule has 0 aromatic heterocycles. The van der Waals surface area contributed by atoms with Crippen LogP contribution < -0.4 is 16.4 Å². The fraction of sp³-hybridized carbons (Fsp3) is 0.429. The van der Waals surface area contributed by atoms with Gasteiger partial charge in [0.1, 0.15) is 6.04 Å². The number of amides is 1. The van der Waals surface area contributed by atoms with E-state index in [2.05, 4.69) is 10.6 Å². The minimum Gasteiger partial charge on any atom is -0.465 e. The van der Waals surface area contributed by atoms with Crippen molar-refractivity contribution in [2.45, 2.75) is 26.3 Å². The van der Waals surface area contributed by atoms with Crippen LogP contribution >= 0.6 is 0 Å². The van der Waals surface area contributed by atoms with Crippen LogP contribution in [-0.2, 0) is 9.53 Å². The number of rotatable bonds is 6. The van der Waals surface area contributed by atoms with Crippen LogP contribution in [0.4, 0.5) is 11.4 Å². The summed E-state index contributed by atoms with van der Waals surface area (Å²) in [5.74, 6) is -0.646. The predicted octanol–water partition coefficient (Wildman–Crippen LogP) is 1.38. The quantitative estimate of drug-likeness (QED) is 0.540. The maximum absolute atomic E-state index is 11.8. The van der Waals surface area contributed by atoms with E-state index in [1.54, 1.807) is 25.1 Å². The van der Waals surface area contributed by atoms with E-state index in [9.17, 15) is 9.59 Å². The molecular weight excluding hydrogens is 258 g/mol. The number of hydrogen-bond acceptors (Lipinski definition) is 5. The zero-order chi connectivity index (χ0) is 15.1. The predicted molar refractivity (Wildman–Crippen MR) is 78.6 cm³/mol. The van der Waals surface area contributed by atoms with Gasteiger partial charge in [-0.25, -0.2) is 4.79 Å². The van der Waals surface area contributed by atoms with E-state index in [0.717, 1.165) is 6.42 Å². The van der Waals surface area contributed by atoms with E-state index in [-0.39, 0.29) is 5.91 Å². The molecule has 0 aliphatic rings. The molecule has 110 valence electrons. The van der Waals surface area contributed by atoms with Crippen molar-refractivity contribution in [1.82, 2.24) is 5.32 Å². The van der Waals surface area contributed by atoms with Gasteiger partial charge in [-0.1, -0.05) is 13.0 Å². The molecule has 0 saturated heterocycles. The maximum Gasteiger partial charge on any atom is 0.340 e. The Bertz CT molecular complexity index is 489. The molecule has 4 N–H and O–H groups in total. The van der Waals surface area contributed by atoms with Crippen molar-refractivity contribution in [3.63, 3.8) is 0 Å². The van der Waals surface area contributed by atoms with E-state index in [1.165, 1.54) is 7.11 Å². The van der Waals surface area contributed by atoms with Crippen LogP contribution in [0.25, 0.3) is 0 Å². The van der Waals surface area contributed by atoms with Crippen LogP contribution in [-0.4, -0.2) is 31.6 Å². The molecular formula is C14H21N3O3. The minimum atomic E-state index is -0.505. The number of carbonyl (C=O) groups is 2. The third-order valence-corrected chi connectivity index (χ3v) is 2.81. The number of carbonyl (C=O) groups excluding carboxylic acids is 2. The first-order chi connectivity index (χ1) is 9.51. The number of nitrogens with two attached hydrogens (primary N) is 1. The summed E-state index contributed by atoms with van der Waals surface area (Å²) in [7, 11) is 1.30. The normalized spacial score (nSPS) is 11.6. The molecule has 1 rings (SSSR count). The SMILES string of the molecule is CCCNC(=O)C(C)Nc1c(N)cccc1C(=O)OC. The van der Waals surface area contributed by atoms with Gasteiger partial charge in [-0.3, -0.25) is 4.79 Å². The van der Waals surface area contributed by atoms with E-state index in [4.69, 9.17) is 10.5 Å². The van der Waals surface area contributed by atoms with Gasteiger partial charge in [-0.2, -0.15) is 0 Å². The number of hydrogen-bond donors (Lipinski definition) is 3. The molecule has 6 heteroatoms. The number of benzene rings is 1. The van der Waals surface area contributed by atoms with Crippen LogP contribution in [0, 0.1) is 0 Å². The van der Waals surface area contributed by atoms with Crippen molar-refractivity contribution in [1.29, 1.82) is 0 Å². The first-order valence-electron chi connectivity index (χ1n) is 6.52. The van der Waals surface area contributed by atoms with E-state index >= 15 is 0 Å². The summed E-state index contributed by atoms with van der Waals surface area (Å²) in [4.78, 5) is 23.5. The molecule has 6 nitrogen and oxygen atoms in total. The van der Waals surface area contributed by atoms with Crippen molar-refractivity contribution in [2.75, 3.05) is 24.7 Å². The summed E-state index contributed by atoms with van der Waals surface area (Å²) < 4.78 is 4.70. The summed E-state index contributed by atoms with van der Waals surface area (Å²) >= 11 is 0. The first-order valence-corrected chi connectivity index (χ1v) is 6.52. The Hall–Kier alpha value is -2.24. The summed E-state index contributed by atoms with van der Waals surface area (Å²) in [6.45, 7) is 4.29. The van der Waals surface area contributed by atoms with Gasteiger partial charge in [-0.05, 0) is 25.5 Å². The minimum absolute atomic E-state index is 0.147. The molecule has 0 spiro atoms. The molecule has 0 radical (unpaired) electrons. The Labute approximate surface area is 118 Å². The number of methoxy groups -OCH3 is 1. The summed E-state index contributed by atoms with van der Waals surface area (Å²) in [5, 5.41) is 5.74. The van der Waals surface area contributed by atoms with E-state index in [0.29, 0.717) is 23.5 Å². The lowest BCUT2D eigenvalue weighted by Gasteiger charge is -2.18. The smallest absolute Gasteiger partial charge is 0.340 e. The van der Waals surface area contributed by atoms with Gasteiger partial charge in [0.05, 0.1) is 24.0 Å². The fourth-order valence-electron chi connectivity index (χ4n) is 1.69. The third kappa shape index (κ3) is 3.88. The molecule has 0 saturated carbocycles. The van der Waals surface area contributed by atoms with Crippen LogP contribution in [0.5, 0.6) is 0 Å². The van der Waals surface area contributed by atoms with Crippen molar-refractivity contribution < 1.29 is 14.3 Å². The lowest BCUT2D eigenvalue weighted by molar-refractivity contribution is -0.121. The second-order valence-corrected chi connectivity index (χ2v) is 4.42. The largest absolute Gasteiger partial charge is 0.465 e. The number of esters is 1. The Balaban J connectivity index is 2.91. The van der Waals surface area contributed by atoms with Crippen molar-refractivity contribution in [2.24, 2.45) is 0 Å². The highest BCUT2D eigenvalue weighted by Gasteiger charge is 2.18. The molecule has 0 heterocycles. The highest BCUT2D eigenvalue weighted by atomic mass is 16.5. The summed E-state index contributed by atoms with van der Waals surface area (Å²) in [6, 6.07) is 4.41. The molecule has 1 aromatic rings. The Morgan fingerprint density at radius 3 is 2.70 bits per heavy atom. The fourth-order valence-corrected chi connectivity index (χ4v) is 1.69. The van der Waals surface area contributed by atoms with Crippen molar-refractivity contribution in [3.05, 3.63) is 23.8 Å². The maximum atomic E-state index is 11.8. The molecule has 1 atom stereocenters. The molecule has 1 aromatic carbocycles. The lowest BCUT2D eigenvalue weighted by atomic mass is 10.1. The Morgan fingerprint density at radius 1 is 1.40 bits per heavy atom. The van der Waals surface area contributed by atoms with Crippen molar-refractivity contribution >= 4 is 23.3 Å². The molecule has 20 heavy (non-hydrogen) atoms. The van der Waals surface area contributed by atoms with Gasteiger partial charge < -0.3 is 21.1 Å². The van der Waals surface area contributed by atoms with E-state index < -0.39 is 12.0 Å². The molecule has 0 aliphatic heterocycles. The highest BCUT2D eigenvalue weighted by Crippen LogP contribution is 2.24. The standard InChI is InChI=1S/C14H21N3O3/c1-4-8-16-13(18)9(2)17-12-10(14(19)20-3)6-5-7-11(12)15/h5-7,9,17H,4,8,15H2,1-3H3,(H,16,18). The Kier molecular flexibility index (Phi) is 5.83. The van der Waals surface area contributed by atoms with Crippen LogP contribution in [0.15, 0.2) is 18.2 Å². The van der Waals surface area contributed by atoms with Gasteiger partial charge in [0.15, 0.2) is 0 Å². The average Bonchev–Trinajstić information content (AvgIpc) is 2.45. The Morgan fingerprint density at radius 2 is 2.10 bits per heavy atom. The number of anilines is 2. The van der Waals surface area contributed by atoms with Gasteiger partial charge in [0.2, 0.25) is 5.91 Å². The third-order valence-electron chi connectivity index (χ3n) is 2.81. The molecule has 1 amide bonds. The van der Waals surface area contributed by atoms with E-state index in [1.807, 2.05) is 6.92 Å². The monoisotopic (exact) mass is 279 g/mol. The second kappa shape index (κ2) is 7.37. The van der Waals surface area contributed by atoms with Crippen LogP contribution in [0.2, 0.25) is 0 Å². The number of ether oxygens (including phenoxy) is 1. The number of nitrogens with one attached hydrogen (secondary N) is 2. The summed E-state index contributed by atoms with van der Waals surface area (Å²) in [5.41, 5.74) is 6.98. The second-order valence-electron chi connectivity index (χ2n) is 4.42. The first kappa shape index (κ1) is 15.8. The van der Waals surface area contributed by atoms with Gasteiger partial charge in [0.25, 0.3) is 0 Å². The molecule has 0 bridgehead atoms. The van der Waals surface area contributed by atoms with Gasteiger partial charge in [-0.15, -0.1) is 0 Å². The number of para-hydroxylation sites is 1. The molecule has 0 fully saturated rings. The summed E-state index contributed by atoms with van der Waals surface area (Å²) in [6.07, 6.45) is 0.860.